The van der Waals surface area contributed by atoms with E-state index in [0.717, 1.165) is 0 Å². The first-order valence-electron chi connectivity index (χ1n) is 5.10. The Hall–Kier alpha value is -1.10. The summed E-state index contributed by atoms with van der Waals surface area (Å²) in [4.78, 5) is 24.3. The van der Waals surface area contributed by atoms with Gasteiger partial charge in [-0.1, -0.05) is 13.8 Å². The monoisotopic (exact) mass is 213 g/mol. The normalized spacial score (nSPS) is 36.3. The van der Waals surface area contributed by atoms with Gasteiger partial charge in [0.15, 0.2) is 5.54 Å². The van der Waals surface area contributed by atoms with E-state index in [1.165, 1.54) is 4.90 Å². The van der Waals surface area contributed by atoms with Crippen LogP contribution < -0.4 is 0 Å². The van der Waals surface area contributed by atoms with Crippen molar-refractivity contribution in [1.29, 1.82) is 0 Å². The van der Waals surface area contributed by atoms with Crippen molar-refractivity contribution in [2.24, 2.45) is 5.92 Å². The number of hydrogen-bond acceptors (Lipinski definition) is 4. The van der Waals surface area contributed by atoms with Gasteiger partial charge in [-0.15, -0.1) is 0 Å². The third-order valence-electron chi connectivity index (χ3n) is 3.28. The number of nitrogens with zero attached hydrogens (tertiary/aromatic N) is 1. The fraction of sp³-hybridized carbons (Fsp3) is 0.800. The molecule has 3 atom stereocenters. The smallest absolute Gasteiger partial charge is 0.336 e. The van der Waals surface area contributed by atoms with E-state index in [4.69, 9.17) is 4.74 Å². The van der Waals surface area contributed by atoms with Gasteiger partial charge < -0.3 is 9.84 Å². The van der Waals surface area contributed by atoms with Gasteiger partial charge in [0, 0.05) is 0 Å². The third kappa shape index (κ3) is 1.13. The molecule has 0 radical (unpaired) electrons. The van der Waals surface area contributed by atoms with Crippen molar-refractivity contribution in [2.75, 3.05) is 0 Å². The minimum Gasteiger partial charge on any atom is -0.457 e. The first-order valence-corrected chi connectivity index (χ1v) is 5.10. The minimum atomic E-state index is -0.944. The van der Waals surface area contributed by atoms with Crippen LogP contribution in [-0.2, 0) is 14.3 Å². The molecule has 0 aromatic heterocycles. The topological polar surface area (TPSA) is 66.8 Å². The Kier molecular flexibility index (Phi) is 2.05. The second-order valence-corrected chi connectivity index (χ2v) is 4.67. The summed E-state index contributed by atoms with van der Waals surface area (Å²) in [6, 6.07) is 0. The SMILES string of the molecule is CC(C)C(O)N1C(=O)CC2OC(=O)[C@@]21C. The van der Waals surface area contributed by atoms with Crippen LogP contribution in [0.3, 0.4) is 0 Å². The molecule has 2 aliphatic heterocycles. The van der Waals surface area contributed by atoms with Crippen LogP contribution in [0.4, 0.5) is 0 Å². The number of carbonyl (C=O) groups is 2. The van der Waals surface area contributed by atoms with Gasteiger partial charge in [-0.05, 0) is 12.8 Å². The quantitative estimate of drug-likeness (QED) is 0.649. The molecule has 2 rings (SSSR count). The summed E-state index contributed by atoms with van der Waals surface area (Å²) < 4.78 is 4.88. The average molecular weight is 213 g/mol. The number of aliphatic hydroxyl groups is 1. The predicted molar refractivity (Wildman–Crippen MR) is 50.6 cm³/mol. The standard InChI is InChI=1S/C10H15NO4/c1-5(2)8(13)11-7(12)4-6-10(11,3)9(14)15-6/h5-6,8,13H,4H2,1-3H3/t6?,8?,10-/m1/s1. The molecule has 2 heterocycles. The van der Waals surface area contributed by atoms with Crippen LogP contribution in [0.25, 0.3) is 0 Å². The first-order chi connectivity index (χ1) is 6.89. The lowest BCUT2D eigenvalue weighted by Crippen LogP contribution is -2.67. The molecule has 0 spiro atoms. The number of hydrogen-bond donors (Lipinski definition) is 1. The lowest BCUT2D eigenvalue weighted by atomic mass is 9.89. The molecule has 5 nitrogen and oxygen atoms in total. The number of likely N-dealkylation sites (tertiary alicyclic amines) is 1. The first kappa shape index (κ1) is 10.4. The predicted octanol–water partition coefficient (Wildman–Crippen LogP) is -0.123. The van der Waals surface area contributed by atoms with E-state index >= 15 is 0 Å². The molecule has 0 saturated carbocycles. The Morgan fingerprint density at radius 3 is 2.60 bits per heavy atom. The fourth-order valence-corrected chi connectivity index (χ4v) is 2.17. The van der Waals surface area contributed by atoms with E-state index in [9.17, 15) is 14.7 Å². The molecule has 2 saturated heterocycles. The molecule has 2 unspecified atom stereocenters. The molecule has 1 N–H and O–H groups in total. The highest BCUT2D eigenvalue weighted by atomic mass is 16.6. The van der Waals surface area contributed by atoms with Crippen LogP contribution >= 0.6 is 0 Å². The molecule has 0 bridgehead atoms. The Balaban J connectivity index is 2.30. The van der Waals surface area contributed by atoms with Gasteiger partial charge >= 0.3 is 5.97 Å². The van der Waals surface area contributed by atoms with Crippen molar-refractivity contribution in [1.82, 2.24) is 4.90 Å². The summed E-state index contributed by atoms with van der Waals surface area (Å²) in [7, 11) is 0. The van der Waals surface area contributed by atoms with Crippen LogP contribution in [-0.4, -0.2) is 39.8 Å². The minimum absolute atomic E-state index is 0.0991. The van der Waals surface area contributed by atoms with E-state index in [1.54, 1.807) is 20.8 Å². The van der Waals surface area contributed by atoms with Crippen LogP contribution in [0.2, 0.25) is 0 Å². The van der Waals surface area contributed by atoms with Crippen LogP contribution in [0.15, 0.2) is 0 Å². The average Bonchev–Trinajstić information content (AvgIpc) is 2.35. The Morgan fingerprint density at radius 1 is 1.53 bits per heavy atom. The van der Waals surface area contributed by atoms with Gasteiger partial charge in [-0.3, -0.25) is 9.69 Å². The summed E-state index contributed by atoms with van der Waals surface area (Å²) in [6.07, 6.45) is -1.11. The summed E-state index contributed by atoms with van der Waals surface area (Å²) in [5.41, 5.74) is -0.944. The molecule has 0 aliphatic carbocycles. The zero-order chi connectivity index (χ0) is 11.4. The number of fused-ring (bicyclic) bond motifs is 1. The zero-order valence-electron chi connectivity index (χ0n) is 9.06. The number of amides is 1. The van der Waals surface area contributed by atoms with Crippen molar-refractivity contribution in [3.05, 3.63) is 0 Å². The van der Waals surface area contributed by atoms with Gasteiger partial charge in [0.1, 0.15) is 12.3 Å². The lowest BCUT2D eigenvalue weighted by Gasteiger charge is -2.46. The maximum absolute atomic E-state index is 11.7. The maximum Gasteiger partial charge on any atom is 0.336 e. The Labute approximate surface area is 88.0 Å². The number of esters is 1. The number of carbonyl (C=O) groups excluding carboxylic acids is 2. The summed E-state index contributed by atoms with van der Waals surface area (Å²) in [6.45, 7) is 5.26. The van der Waals surface area contributed by atoms with Crippen LogP contribution in [0.5, 0.6) is 0 Å². The van der Waals surface area contributed by atoms with Gasteiger partial charge in [0.25, 0.3) is 0 Å². The van der Waals surface area contributed by atoms with Crippen molar-refractivity contribution in [3.63, 3.8) is 0 Å². The van der Waals surface area contributed by atoms with Crippen molar-refractivity contribution >= 4 is 11.9 Å². The third-order valence-corrected chi connectivity index (χ3v) is 3.28. The number of aliphatic hydroxyl groups excluding tert-OH is 1. The molecule has 2 fully saturated rings. The van der Waals surface area contributed by atoms with E-state index in [2.05, 4.69) is 0 Å². The molecule has 2 aliphatic rings. The van der Waals surface area contributed by atoms with Gasteiger partial charge in [-0.2, -0.15) is 0 Å². The number of rotatable bonds is 2. The summed E-state index contributed by atoms with van der Waals surface area (Å²) in [5.74, 6) is -0.731. The molecule has 1 amide bonds. The summed E-state index contributed by atoms with van der Waals surface area (Å²) >= 11 is 0. The highest BCUT2D eigenvalue weighted by molar-refractivity contribution is 5.97. The van der Waals surface area contributed by atoms with E-state index < -0.39 is 17.7 Å². The van der Waals surface area contributed by atoms with Crippen molar-refractivity contribution < 1.29 is 19.4 Å². The Bertz CT molecular complexity index is 327. The zero-order valence-corrected chi connectivity index (χ0v) is 9.06. The molecule has 0 aromatic carbocycles. The molecule has 84 valence electrons. The lowest BCUT2D eigenvalue weighted by molar-refractivity contribution is -0.209. The van der Waals surface area contributed by atoms with Crippen LogP contribution in [0.1, 0.15) is 27.2 Å². The fourth-order valence-electron chi connectivity index (χ4n) is 2.17. The molecular formula is C10H15NO4. The highest BCUT2D eigenvalue weighted by Crippen LogP contribution is 2.43. The maximum atomic E-state index is 11.7. The highest BCUT2D eigenvalue weighted by Gasteiger charge is 2.66. The van der Waals surface area contributed by atoms with Gasteiger partial charge in [0.05, 0.1) is 6.42 Å². The van der Waals surface area contributed by atoms with E-state index in [0.29, 0.717) is 0 Å². The Morgan fingerprint density at radius 2 is 2.13 bits per heavy atom. The van der Waals surface area contributed by atoms with Gasteiger partial charge in [-0.25, -0.2) is 4.79 Å². The van der Waals surface area contributed by atoms with Gasteiger partial charge in [0.2, 0.25) is 5.91 Å². The van der Waals surface area contributed by atoms with Crippen molar-refractivity contribution in [2.45, 2.75) is 45.1 Å². The second kappa shape index (κ2) is 2.95. The van der Waals surface area contributed by atoms with E-state index in [1.807, 2.05) is 0 Å². The second-order valence-electron chi connectivity index (χ2n) is 4.67. The molecule has 15 heavy (non-hydrogen) atoms. The largest absolute Gasteiger partial charge is 0.457 e. The van der Waals surface area contributed by atoms with Crippen LogP contribution in [0, 0.1) is 5.92 Å². The molecule has 5 heteroatoms. The van der Waals surface area contributed by atoms with Crippen molar-refractivity contribution in [3.8, 4) is 0 Å². The molecule has 0 aromatic rings. The molecular weight excluding hydrogens is 198 g/mol. The van der Waals surface area contributed by atoms with E-state index in [-0.39, 0.29) is 24.3 Å². The number of ether oxygens (including phenoxy) is 1. The summed E-state index contributed by atoms with van der Waals surface area (Å²) in [5, 5.41) is 9.90.